The Morgan fingerprint density at radius 1 is 1.33 bits per heavy atom. The lowest BCUT2D eigenvalue weighted by atomic mass is 10.2. The maximum absolute atomic E-state index is 12.4. The second-order valence-electron chi connectivity index (χ2n) is 4.17. The molecule has 0 bridgehead atoms. The lowest BCUT2D eigenvalue weighted by Gasteiger charge is -2.27. The highest BCUT2D eigenvalue weighted by atomic mass is 19.4. The first-order valence-corrected chi connectivity index (χ1v) is 5.70. The normalized spacial score (nSPS) is 17.7. The van der Waals surface area contributed by atoms with Crippen molar-refractivity contribution in [3.05, 3.63) is 24.3 Å². The highest BCUT2D eigenvalue weighted by molar-refractivity contribution is 5.59. The molecule has 0 spiro atoms. The van der Waals surface area contributed by atoms with E-state index in [-0.39, 0.29) is 0 Å². The minimum Gasteiger partial charge on any atom is -0.491 e. The number of hydrogen-bond acceptors (Lipinski definition) is 3. The predicted octanol–water partition coefficient (Wildman–Crippen LogP) is 2.20. The van der Waals surface area contributed by atoms with Crippen LogP contribution in [0.4, 0.5) is 18.9 Å². The van der Waals surface area contributed by atoms with Crippen molar-refractivity contribution in [2.45, 2.75) is 18.7 Å². The van der Waals surface area contributed by atoms with Crippen molar-refractivity contribution < 1.29 is 23.0 Å². The number of nitrogens with zero attached hydrogens (tertiary/aromatic N) is 1. The number of alkyl halides is 3. The van der Waals surface area contributed by atoms with Gasteiger partial charge in [0.25, 0.3) is 0 Å². The minimum atomic E-state index is -4.60. The van der Waals surface area contributed by atoms with E-state index in [0.29, 0.717) is 31.0 Å². The first-order chi connectivity index (χ1) is 8.48. The van der Waals surface area contributed by atoms with Crippen molar-refractivity contribution in [3.63, 3.8) is 0 Å². The Labute approximate surface area is 103 Å². The van der Waals surface area contributed by atoms with Crippen LogP contribution >= 0.6 is 0 Å². The van der Waals surface area contributed by atoms with E-state index < -0.39 is 18.8 Å². The molecule has 1 aliphatic rings. The van der Waals surface area contributed by atoms with Crippen LogP contribution in [-0.2, 0) is 0 Å². The van der Waals surface area contributed by atoms with Crippen LogP contribution in [0.25, 0.3) is 0 Å². The number of anilines is 1. The Bertz CT molecular complexity index is 409. The van der Waals surface area contributed by atoms with Gasteiger partial charge in [-0.05, 0) is 18.6 Å². The molecule has 1 atom stereocenters. The van der Waals surface area contributed by atoms with Gasteiger partial charge < -0.3 is 14.7 Å². The summed E-state index contributed by atoms with van der Waals surface area (Å²) in [4.78, 5) is 1.51. The van der Waals surface area contributed by atoms with Gasteiger partial charge in [0.05, 0.1) is 18.8 Å². The van der Waals surface area contributed by atoms with Gasteiger partial charge in [0.2, 0.25) is 0 Å². The van der Waals surface area contributed by atoms with E-state index in [1.807, 2.05) is 0 Å². The number of halogens is 3. The van der Waals surface area contributed by atoms with Gasteiger partial charge in [-0.1, -0.05) is 12.1 Å². The molecule has 1 heterocycles. The summed E-state index contributed by atoms with van der Waals surface area (Å²) in [7, 11) is 0. The minimum absolute atomic E-state index is 0.435. The lowest BCUT2D eigenvalue weighted by molar-refractivity contribution is -0.200. The van der Waals surface area contributed by atoms with Crippen molar-refractivity contribution in [3.8, 4) is 5.75 Å². The summed E-state index contributed by atoms with van der Waals surface area (Å²) < 4.78 is 42.6. The van der Waals surface area contributed by atoms with Gasteiger partial charge in [-0.25, -0.2) is 0 Å². The molecule has 0 aliphatic carbocycles. The van der Waals surface area contributed by atoms with Gasteiger partial charge in [-0.2, -0.15) is 13.2 Å². The highest BCUT2D eigenvalue weighted by Crippen LogP contribution is 2.31. The Kier molecular flexibility index (Phi) is 3.65. The number of ether oxygens (including phenoxy) is 1. The van der Waals surface area contributed by atoms with Gasteiger partial charge in [-0.3, -0.25) is 0 Å². The summed E-state index contributed by atoms with van der Waals surface area (Å²) in [6.45, 7) is 0.434. The fourth-order valence-electron chi connectivity index (χ4n) is 1.90. The molecule has 1 N–H and O–H groups in total. The first kappa shape index (κ1) is 13.0. The van der Waals surface area contributed by atoms with E-state index in [2.05, 4.69) is 0 Å². The van der Waals surface area contributed by atoms with Crippen LogP contribution in [0.15, 0.2) is 24.3 Å². The molecular formula is C12H14F3NO2. The quantitative estimate of drug-likeness (QED) is 0.885. The molecule has 0 fully saturated rings. The van der Waals surface area contributed by atoms with E-state index in [1.165, 1.54) is 4.90 Å². The summed E-state index contributed by atoms with van der Waals surface area (Å²) in [5.41, 5.74) is 0.596. The Morgan fingerprint density at radius 3 is 2.78 bits per heavy atom. The molecule has 1 unspecified atom stereocenters. The smallest absolute Gasteiger partial charge is 0.416 e. The molecule has 18 heavy (non-hydrogen) atoms. The number of benzene rings is 1. The second kappa shape index (κ2) is 5.06. The van der Waals surface area contributed by atoms with Crippen molar-refractivity contribution in [1.82, 2.24) is 0 Å². The number of β-amino-alcohol motifs (C(OH)–C–C–N with tert-alkyl or cyclic N) is 1. The van der Waals surface area contributed by atoms with Gasteiger partial charge in [-0.15, -0.1) is 0 Å². The zero-order valence-electron chi connectivity index (χ0n) is 9.65. The summed E-state index contributed by atoms with van der Waals surface area (Å²) in [5, 5.41) is 9.15. The molecule has 6 heteroatoms. The van der Waals surface area contributed by atoms with Gasteiger partial charge >= 0.3 is 6.18 Å². The molecule has 1 aromatic rings. The molecule has 0 amide bonds. The summed E-state index contributed by atoms with van der Waals surface area (Å²) in [6.07, 6.45) is -6.31. The largest absolute Gasteiger partial charge is 0.491 e. The second-order valence-corrected chi connectivity index (χ2v) is 4.17. The van der Waals surface area contributed by atoms with E-state index in [1.54, 1.807) is 24.3 Å². The van der Waals surface area contributed by atoms with Crippen LogP contribution in [0.3, 0.4) is 0 Å². The fraction of sp³-hybridized carbons (Fsp3) is 0.500. The molecule has 0 aromatic heterocycles. The number of hydrogen-bond donors (Lipinski definition) is 1. The molecule has 1 aliphatic heterocycles. The van der Waals surface area contributed by atoms with Crippen LogP contribution in [0.1, 0.15) is 6.42 Å². The topological polar surface area (TPSA) is 32.7 Å². The Hall–Kier alpha value is -1.43. The zero-order chi connectivity index (χ0) is 13.2. The molecule has 100 valence electrons. The van der Waals surface area contributed by atoms with Crippen LogP contribution in [0, 0.1) is 0 Å². The van der Waals surface area contributed by atoms with E-state index in [9.17, 15) is 13.2 Å². The van der Waals surface area contributed by atoms with Crippen LogP contribution < -0.4 is 9.64 Å². The van der Waals surface area contributed by atoms with Crippen LogP contribution in [0.2, 0.25) is 0 Å². The SMILES string of the molecule is OC(CN1CCCOc2ccccc21)C(F)(F)F. The molecule has 0 saturated carbocycles. The highest BCUT2D eigenvalue weighted by Gasteiger charge is 2.39. The Balaban J connectivity index is 2.18. The van der Waals surface area contributed by atoms with Crippen molar-refractivity contribution >= 4 is 5.69 Å². The average Bonchev–Trinajstić information content (AvgIpc) is 2.51. The molecule has 2 rings (SSSR count). The zero-order valence-corrected chi connectivity index (χ0v) is 9.65. The number of rotatable bonds is 2. The van der Waals surface area contributed by atoms with Crippen molar-refractivity contribution in [1.29, 1.82) is 0 Å². The van der Waals surface area contributed by atoms with E-state index in [0.717, 1.165) is 0 Å². The third-order valence-corrected chi connectivity index (χ3v) is 2.81. The summed E-state index contributed by atoms with van der Waals surface area (Å²) in [5.74, 6) is 0.560. The standard InChI is InChI=1S/C12H14F3NO2/c13-12(14,15)11(17)8-16-6-3-7-18-10-5-2-1-4-9(10)16/h1-2,4-5,11,17H,3,6-8H2. The lowest BCUT2D eigenvalue weighted by Crippen LogP contribution is -2.41. The number of aliphatic hydroxyl groups is 1. The van der Waals surface area contributed by atoms with Crippen molar-refractivity contribution in [2.24, 2.45) is 0 Å². The summed E-state index contributed by atoms with van der Waals surface area (Å²) >= 11 is 0. The van der Waals surface area contributed by atoms with Gasteiger partial charge in [0.1, 0.15) is 5.75 Å². The number of para-hydroxylation sites is 2. The third-order valence-electron chi connectivity index (χ3n) is 2.81. The van der Waals surface area contributed by atoms with E-state index >= 15 is 0 Å². The first-order valence-electron chi connectivity index (χ1n) is 5.70. The number of aliphatic hydroxyl groups excluding tert-OH is 1. The maximum atomic E-state index is 12.4. The molecule has 0 radical (unpaired) electrons. The Morgan fingerprint density at radius 2 is 2.06 bits per heavy atom. The molecular weight excluding hydrogens is 247 g/mol. The van der Waals surface area contributed by atoms with Crippen LogP contribution in [0.5, 0.6) is 5.75 Å². The maximum Gasteiger partial charge on any atom is 0.416 e. The average molecular weight is 261 g/mol. The molecule has 3 nitrogen and oxygen atoms in total. The molecule has 0 saturated heterocycles. The van der Waals surface area contributed by atoms with E-state index in [4.69, 9.17) is 9.84 Å². The predicted molar refractivity (Wildman–Crippen MR) is 60.8 cm³/mol. The van der Waals surface area contributed by atoms with Crippen molar-refractivity contribution in [2.75, 3.05) is 24.6 Å². The molecule has 1 aromatic carbocycles. The van der Waals surface area contributed by atoms with Gasteiger partial charge in [0, 0.05) is 6.54 Å². The monoisotopic (exact) mass is 261 g/mol. The third kappa shape index (κ3) is 2.87. The van der Waals surface area contributed by atoms with Crippen LogP contribution in [-0.4, -0.2) is 37.1 Å². The summed E-state index contributed by atoms with van der Waals surface area (Å²) in [6, 6.07) is 6.92. The van der Waals surface area contributed by atoms with Gasteiger partial charge in [0.15, 0.2) is 6.10 Å². The fourth-order valence-corrected chi connectivity index (χ4v) is 1.90. The number of fused-ring (bicyclic) bond motifs is 1.